The average Bonchev–Trinajstić information content (AvgIpc) is 3.14. The van der Waals surface area contributed by atoms with Crippen LogP contribution in [0, 0.1) is 6.92 Å². The minimum absolute atomic E-state index is 0.00334. The first-order chi connectivity index (χ1) is 25.3. The van der Waals surface area contributed by atoms with E-state index in [4.69, 9.17) is 16.3 Å². The fourth-order valence-electron chi connectivity index (χ4n) is 6.05. The minimum atomic E-state index is -1.39. The normalized spacial score (nSPS) is 14.7. The van der Waals surface area contributed by atoms with Crippen LogP contribution in [0.5, 0.6) is 11.5 Å². The SMILES string of the molecule is CC1(O)CC(C(=O)O)=Nc2c(OCc3ccccc3)cc(-c3ccc(Cl)cc3)cc21.COC(=O)c1cc(=O)c2cc(-c3cccc(C)c3)cc(O)c2[nH]1. The third kappa shape index (κ3) is 8.14. The van der Waals surface area contributed by atoms with Gasteiger partial charge in [0.1, 0.15) is 35.2 Å². The van der Waals surface area contributed by atoms with Crippen molar-refractivity contribution in [2.45, 2.75) is 32.5 Å². The number of hydrogen-bond donors (Lipinski definition) is 4. The lowest BCUT2D eigenvalue weighted by Crippen LogP contribution is -2.32. The van der Waals surface area contributed by atoms with E-state index in [1.807, 2.05) is 85.8 Å². The number of aromatic nitrogens is 1. The van der Waals surface area contributed by atoms with E-state index in [-0.39, 0.29) is 41.1 Å². The number of esters is 1. The largest absolute Gasteiger partial charge is 0.506 e. The molecule has 53 heavy (non-hydrogen) atoms. The molecule has 11 heteroatoms. The van der Waals surface area contributed by atoms with E-state index in [0.29, 0.717) is 27.4 Å². The summed E-state index contributed by atoms with van der Waals surface area (Å²) >= 11 is 6.02. The number of benzene rings is 5. The summed E-state index contributed by atoms with van der Waals surface area (Å²) in [5, 5.41) is 31.7. The standard InChI is InChI=1S/C24H20ClNO4.C18H15NO4/c1-24(29)13-20(23(27)28)26-22-19(24)11-17(16-7-9-18(25)10-8-16)12-21(22)30-14-15-5-3-2-4-6-15;1-10-4-3-5-11(6-10)12-7-13-15(20)9-14(18(22)23-2)19-17(13)16(21)8-12/h2-12,29H,13-14H2,1H3,(H,27,28);3-9,21H,1-2H3,(H,19,20). The monoisotopic (exact) mass is 730 g/mol. The molecule has 0 saturated carbocycles. The van der Waals surface area contributed by atoms with Crippen molar-refractivity contribution in [2.75, 3.05) is 7.11 Å². The summed E-state index contributed by atoms with van der Waals surface area (Å²) in [7, 11) is 1.23. The molecule has 2 heterocycles. The van der Waals surface area contributed by atoms with Gasteiger partial charge < -0.3 is 29.8 Å². The molecule has 0 saturated heterocycles. The van der Waals surface area contributed by atoms with Gasteiger partial charge in [-0.1, -0.05) is 83.9 Å². The van der Waals surface area contributed by atoms with Gasteiger partial charge in [-0.25, -0.2) is 14.6 Å². The number of carboxylic acids is 1. The molecule has 0 amide bonds. The predicted octanol–water partition coefficient (Wildman–Crippen LogP) is 8.35. The lowest BCUT2D eigenvalue weighted by molar-refractivity contribution is -0.129. The number of halogens is 1. The van der Waals surface area contributed by atoms with Crippen LogP contribution >= 0.6 is 11.6 Å². The number of carboxylic acid groups (broad SMARTS) is 1. The average molecular weight is 731 g/mol. The number of carbonyl (C=O) groups excluding carboxylic acids is 1. The summed E-state index contributed by atoms with van der Waals surface area (Å²) in [6.45, 7) is 3.85. The fraction of sp³-hybridized carbons (Fsp3) is 0.143. The molecule has 0 fully saturated rings. The van der Waals surface area contributed by atoms with Gasteiger partial charge in [0, 0.05) is 28.5 Å². The second-order valence-corrected chi connectivity index (χ2v) is 13.2. The number of aliphatic hydroxyl groups is 1. The molecule has 4 N–H and O–H groups in total. The van der Waals surface area contributed by atoms with Crippen LogP contribution in [0.4, 0.5) is 5.69 Å². The summed E-state index contributed by atoms with van der Waals surface area (Å²) in [4.78, 5) is 42.5. The van der Waals surface area contributed by atoms with E-state index >= 15 is 0 Å². The topological polar surface area (TPSA) is 159 Å². The van der Waals surface area contributed by atoms with Gasteiger partial charge >= 0.3 is 11.9 Å². The first kappa shape index (κ1) is 36.6. The third-order valence-electron chi connectivity index (χ3n) is 8.75. The van der Waals surface area contributed by atoms with Crippen LogP contribution in [0.15, 0.2) is 119 Å². The summed E-state index contributed by atoms with van der Waals surface area (Å²) in [5.74, 6) is -1.50. The Morgan fingerprint density at radius 1 is 0.887 bits per heavy atom. The number of phenolic OH excluding ortho intramolecular Hbond substituents is 1. The molecule has 0 radical (unpaired) electrons. The molecule has 7 rings (SSSR count). The van der Waals surface area contributed by atoms with E-state index in [2.05, 4.69) is 14.7 Å². The number of aryl methyl sites for hydroxylation is 1. The van der Waals surface area contributed by atoms with E-state index in [1.165, 1.54) is 13.2 Å². The number of carbonyl (C=O) groups is 2. The van der Waals surface area contributed by atoms with Crippen molar-refractivity contribution in [1.29, 1.82) is 0 Å². The van der Waals surface area contributed by atoms with Crippen LogP contribution in [0.2, 0.25) is 5.02 Å². The molecule has 10 nitrogen and oxygen atoms in total. The molecule has 1 unspecified atom stereocenters. The number of ether oxygens (including phenoxy) is 2. The Labute approximate surface area is 309 Å². The van der Waals surface area contributed by atoms with Gasteiger partial charge in [-0.2, -0.15) is 0 Å². The molecule has 1 aromatic heterocycles. The van der Waals surface area contributed by atoms with Gasteiger partial charge in [-0.05, 0) is 78.1 Å². The Hall–Kier alpha value is -6.23. The van der Waals surface area contributed by atoms with Gasteiger partial charge in [0.05, 0.1) is 18.2 Å². The Balaban J connectivity index is 0.000000188. The number of aliphatic carboxylic acids is 1. The van der Waals surface area contributed by atoms with E-state index in [9.17, 15) is 29.7 Å². The van der Waals surface area contributed by atoms with Crippen molar-refractivity contribution in [3.05, 3.63) is 147 Å². The van der Waals surface area contributed by atoms with Gasteiger partial charge in [0.2, 0.25) is 0 Å². The number of pyridine rings is 1. The summed E-state index contributed by atoms with van der Waals surface area (Å²) in [6.07, 6.45) is -0.0858. The van der Waals surface area contributed by atoms with Gasteiger partial charge in [0.15, 0.2) is 5.43 Å². The number of hydrogen-bond acceptors (Lipinski definition) is 8. The van der Waals surface area contributed by atoms with Gasteiger partial charge in [0.25, 0.3) is 0 Å². The quantitative estimate of drug-likeness (QED) is 0.119. The van der Waals surface area contributed by atoms with Gasteiger partial charge in [-0.3, -0.25) is 4.79 Å². The van der Waals surface area contributed by atoms with Crippen molar-refractivity contribution >= 4 is 45.8 Å². The molecule has 1 aliphatic rings. The highest BCUT2D eigenvalue weighted by Crippen LogP contribution is 2.46. The zero-order valence-electron chi connectivity index (χ0n) is 29.0. The molecule has 6 aromatic rings. The molecule has 0 spiro atoms. The summed E-state index contributed by atoms with van der Waals surface area (Å²) in [5.41, 5.74) is 4.65. The Bertz CT molecular complexity index is 2440. The first-order valence-corrected chi connectivity index (χ1v) is 16.9. The van der Waals surface area contributed by atoms with Crippen LogP contribution in [0.3, 0.4) is 0 Å². The predicted molar refractivity (Wildman–Crippen MR) is 204 cm³/mol. The molecule has 0 aliphatic carbocycles. The number of fused-ring (bicyclic) bond motifs is 2. The minimum Gasteiger partial charge on any atom is -0.506 e. The molecule has 1 aliphatic heterocycles. The Morgan fingerprint density at radius 2 is 1.60 bits per heavy atom. The number of aromatic hydroxyl groups is 1. The second-order valence-electron chi connectivity index (χ2n) is 12.8. The van der Waals surface area contributed by atoms with Crippen molar-refractivity contribution in [3.8, 4) is 33.8 Å². The number of aromatic amines is 1. The molecule has 1 atom stereocenters. The zero-order valence-corrected chi connectivity index (χ0v) is 29.8. The fourth-order valence-corrected chi connectivity index (χ4v) is 6.18. The third-order valence-corrected chi connectivity index (χ3v) is 9.00. The maximum Gasteiger partial charge on any atom is 0.354 e. The number of methoxy groups -OCH3 is 1. The lowest BCUT2D eigenvalue weighted by Gasteiger charge is -2.30. The van der Waals surface area contributed by atoms with Crippen LogP contribution < -0.4 is 10.2 Å². The highest BCUT2D eigenvalue weighted by atomic mass is 35.5. The van der Waals surface area contributed by atoms with Gasteiger partial charge in [-0.15, -0.1) is 0 Å². The van der Waals surface area contributed by atoms with Crippen molar-refractivity contribution < 1.29 is 34.4 Å². The summed E-state index contributed by atoms with van der Waals surface area (Å²) in [6, 6.07) is 32.8. The Morgan fingerprint density at radius 3 is 2.28 bits per heavy atom. The van der Waals surface area contributed by atoms with Crippen molar-refractivity contribution in [3.63, 3.8) is 0 Å². The number of aliphatic imine (C=N–C) groups is 1. The Kier molecular flexibility index (Phi) is 10.5. The molecule has 0 bridgehead atoms. The number of nitrogens with zero attached hydrogens (tertiary/aromatic N) is 1. The van der Waals surface area contributed by atoms with Crippen LogP contribution in [-0.2, 0) is 21.7 Å². The highest BCUT2D eigenvalue weighted by Gasteiger charge is 2.36. The number of nitrogens with one attached hydrogen (secondary N) is 1. The molecular formula is C42H35ClN2O8. The van der Waals surface area contributed by atoms with E-state index < -0.39 is 17.5 Å². The maximum atomic E-state index is 12.3. The van der Waals surface area contributed by atoms with E-state index in [0.717, 1.165) is 33.4 Å². The second kappa shape index (κ2) is 15.2. The van der Waals surface area contributed by atoms with Crippen LogP contribution in [-0.4, -0.2) is 45.1 Å². The number of phenols is 1. The van der Waals surface area contributed by atoms with Crippen molar-refractivity contribution in [1.82, 2.24) is 4.98 Å². The van der Waals surface area contributed by atoms with Crippen molar-refractivity contribution in [2.24, 2.45) is 4.99 Å². The highest BCUT2D eigenvalue weighted by molar-refractivity contribution is 6.37. The molecule has 268 valence electrons. The van der Waals surface area contributed by atoms with Crippen LogP contribution in [0.25, 0.3) is 33.2 Å². The molecule has 5 aromatic carbocycles. The zero-order chi connectivity index (χ0) is 37.9. The molecular weight excluding hydrogens is 696 g/mol. The smallest absolute Gasteiger partial charge is 0.354 e. The first-order valence-electron chi connectivity index (χ1n) is 16.5. The van der Waals surface area contributed by atoms with E-state index in [1.54, 1.807) is 31.2 Å². The van der Waals surface area contributed by atoms with Crippen LogP contribution in [0.1, 0.15) is 40.5 Å². The summed E-state index contributed by atoms with van der Waals surface area (Å²) < 4.78 is 10.7. The maximum absolute atomic E-state index is 12.3. The number of rotatable bonds is 7. The number of H-pyrrole nitrogens is 1. The lowest BCUT2D eigenvalue weighted by atomic mass is 9.84.